The van der Waals surface area contributed by atoms with Crippen molar-refractivity contribution in [2.75, 3.05) is 46.3 Å². The fourth-order valence-corrected chi connectivity index (χ4v) is 4.37. The Hall–Kier alpha value is -3.80. The molecular formula is C29H55N11O4S2. The highest BCUT2D eigenvalue weighted by Crippen LogP contribution is 2.03. The zero-order valence-electron chi connectivity index (χ0n) is 27.8. The monoisotopic (exact) mass is 685 g/mol. The molecule has 2 rings (SSSR count). The van der Waals surface area contributed by atoms with E-state index in [0.29, 0.717) is 32.4 Å². The molecule has 1 heterocycles. The van der Waals surface area contributed by atoms with Crippen LogP contribution < -0.4 is 48.9 Å². The summed E-state index contributed by atoms with van der Waals surface area (Å²) in [5.74, 6) is -1.80. The summed E-state index contributed by atoms with van der Waals surface area (Å²) in [6.07, 6.45) is 4.72. The molecule has 262 valence electrons. The Morgan fingerprint density at radius 1 is 0.978 bits per heavy atom. The smallest absolute Gasteiger partial charge is 0.243 e. The molecule has 0 aromatic heterocycles. The van der Waals surface area contributed by atoms with Crippen molar-refractivity contribution in [1.29, 1.82) is 0 Å². The number of rotatable bonds is 15. The summed E-state index contributed by atoms with van der Waals surface area (Å²) in [5, 5.41) is 10.2. The Balaban J connectivity index is 0. The van der Waals surface area contributed by atoms with E-state index in [0.717, 1.165) is 18.7 Å². The third-order valence-electron chi connectivity index (χ3n) is 5.36. The first-order valence-electron chi connectivity index (χ1n) is 15.0. The lowest BCUT2D eigenvalue weighted by atomic mass is 10.1. The van der Waals surface area contributed by atoms with Gasteiger partial charge in [-0.15, -0.1) is 0 Å². The van der Waals surface area contributed by atoms with E-state index in [9.17, 15) is 19.2 Å². The van der Waals surface area contributed by atoms with Crippen molar-refractivity contribution in [1.82, 2.24) is 30.3 Å². The predicted molar refractivity (Wildman–Crippen MR) is 190 cm³/mol. The molecular weight excluding hydrogens is 631 g/mol. The molecule has 0 saturated carbocycles. The average molecular weight is 686 g/mol. The summed E-state index contributed by atoms with van der Waals surface area (Å²) in [6.45, 7) is 9.40. The van der Waals surface area contributed by atoms with Gasteiger partial charge < -0.3 is 53.2 Å². The second kappa shape index (κ2) is 28.7. The largest absolute Gasteiger partial charge is 0.370 e. The number of nitrogens with two attached hydrogens (primary N) is 4. The molecule has 13 N–H and O–H groups in total. The van der Waals surface area contributed by atoms with Gasteiger partial charge in [0.1, 0.15) is 6.04 Å². The van der Waals surface area contributed by atoms with E-state index in [1.54, 1.807) is 0 Å². The highest BCUT2D eigenvalue weighted by atomic mass is 32.8. The molecule has 0 spiro atoms. The molecule has 1 aliphatic heterocycles. The van der Waals surface area contributed by atoms with Gasteiger partial charge in [0.2, 0.25) is 23.6 Å². The normalized spacial score (nSPS) is 13.3. The van der Waals surface area contributed by atoms with Crippen LogP contribution >= 0.6 is 0 Å². The molecule has 46 heavy (non-hydrogen) atoms. The van der Waals surface area contributed by atoms with Crippen LogP contribution in [-0.4, -0.2) is 86.3 Å². The first-order chi connectivity index (χ1) is 21.8. The van der Waals surface area contributed by atoms with Crippen LogP contribution in [0.3, 0.4) is 0 Å². The number of unbranched alkanes of at least 4 members (excludes halogenated alkanes) is 1. The molecule has 2 atom stereocenters. The maximum Gasteiger partial charge on any atom is 0.243 e. The van der Waals surface area contributed by atoms with Crippen LogP contribution in [0.4, 0.5) is 0 Å². The molecule has 15 nitrogen and oxygen atoms in total. The number of guanidine groups is 1. The van der Waals surface area contributed by atoms with Crippen molar-refractivity contribution >= 4 is 50.6 Å². The lowest BCUT2D eigenvalue weighted by molar-refractivity contribution is -0.130. The topological polar surface area (TPSA) is 248 Å². The number of carbonyl (C=O) groups excluding carboxylic acids is 4. The summed E-state index contributed by atoms with van der Waals surface area (Å²) >= 11 is 4.99. The van der Waals surface area contributed by atoms with Gasteiger partial charge in [-0.25, -0.2) is 0 Å². The number of carbonyl (C=O) groups is 4. The molecule has 0 bridgehead atoms. The van der Waals surface area contributed by atoms with Gasteiger partial charge in [0.05, 0.1) is 29.5 Å². The number of amides is 4. The fourth-order valence-electron chi connectivity index (χ4n) is 3.12. The predicted octanol–water partition coefficient (Wildman–Crippen LogP) is -1.11. The summed E-state index contributed by atoms with van der Waals surface area (Å²) in [5.41, 5.74) is 22.9. The van der Waals surface area contributed by atoms with Crippen LogP contribution in [0.1, 0.15) is 52.0 Å². The number of aliphatic imine (C=N–C) groups is 1. The number of benzene rings is 1. The van der Waals surface area contributed by atoms with E-state index < -0.39 is 23.8 Å². The molecule has 1 aliphatic rings. The number of primary amides is 1. The minimum atomic E-state index is -0.811. The van der Waals surface area contributed by atoms with Gasteiger partial charge >= 0.3 is 0 Å². The van der Waals surface area contributed by atoms with E-state index in [4.69, 9.17) is 34.1 Å². The van der Waals surface area contributed by atoms with Crippen molar-refractivity contribution in [3.05, 3.63) is 47.8 Å². The van der Waals surface area contributed by atoms with Gasteiger partial charge in [0, 0.05) is 25.5 Å². The molecule has 0 aliphatic carbocycles. The number of nitrogens with zero attached hydrogens (tertiary/aromatic N) is 2. The van der Waals surface area contributed by atoms with Crippen molar-refractivity contribution < 1.29 is 19.2 Å². The lowest BCUT2D eigenvalue weighted by Gasteiger charge is -2.18. The number of nitrogens with one attached hydrogen (secondary N) is 5. The Morgan fingerprint density at radius 3 is 2.02 bits per heavy atom. The third-order valence-corrected chi connectivity index (χ3v) is 7.44. The number of hydrogen-bond donors (Lipinski definition) is 9. The van der Waals surface area contributed by atoms with Crippen molar-refractivity contribution in [2.24, 2.45) is 27.9 Å². The minimum Gasteiger partial charge on any atom is -0.370 e. The molecule has 0 radical (unpaired) electrons. The molecule has 0 saturated heterocycles. The van der Waals surface area contributed by atoms with E-state index in [1.165, 1.54) is 5.56 Å². The van der Waals surface area contributed by atoms with E-state index in [1.807, 2.05) is 56.5 Å². The van der Waals surface area contributed by atoms with Crippen LogP contribution in [-0.2, 0) is 40.2 Å². The van der Waals surface area contributed by atoms with E-state index in [2.05, 4.69) is 50.0 Å². The number of hydrogen-bond acceptors (Lipinski definition) is 8. The average Bonchev–Trinajstić information content (AvgIpc) is 3.31. The molecule has 1 aromatic carbocycles. The van der Waals surface area contributed by atoms with Crippen molar-refractivity contribution in [3.63, 3.8) is 0 Å². The van der Waals surface area contributed by atoms with Crippen LogP contribution in [0.15, 0.2) is 47.2 Å². The van der Waals surface area contributed by atoms with Crippen LogP contribution in [0.5, 0.6) is 0 Å². The molecule has 1 aromatic rings. The van der Waals surface area contributed by atoms with Gasteiger partial charge in [-0.05, 0) is 63.8 Å². The van der Waals surface area contributed by atoms with Gasteiger partial charge in [0.25, 0.3) is 0 Å². The lowest BCUT2D eigenvalue weighted by Crippen LogP contribution is -2.51. The zero-order chi connectivity index (χ0) is 35.3. The minimum absolute atomic E-state index is 0.114. The Bertz CT molecular complexity index is 1100. The van der Waals surface area contributed by atoms with E-state index >= 15 is 0 Å². The quantitative estimate of drug-likeness (QED) is 0.0608. The first kappa shape index (κ1) is 44.3. The second-order valence-electron chi connectivity index (χ2n) is 9.82. The van der Waals surface area contributed by atoms with E-state index in [-0.39, 0.29) is 41.3 Å². The van der Waals surface area contributed by atoms with Gasteiger partial charge in [-0.1, -0.05) is 49.7 Å². The Morgan fingerprint density at radius 2 is 1.63 bits per heavy atom. The van der Waals surface area contributed by atoms with Crippen molar-refractivity contribution in [3.8, 4) is 0 Å². The molecule has 4 amide bonds. The Labute approximate surface area is 281 Å². The maximum atomic E-state index is 12.0. The van der Waals surface area contributed by atoms with Crippen LogP contribution in [0, 0.1) is 6.92 Å². The molecule has 0 fully saturated rings. The molecule has 17 heteroatoms. The summed E-state index contributed by atoms with van der Waals surface area (Å²) in [7, 11) is 1.80. The Kier molecular flexibility index (Phi) is 27.6. The summed E-state index contributed by atoms with van der Waals surface area (Å²) < 4.78 is 5.09. The molecule has 2 unspecified atom stereocenters. The number of allylic oxidation sites excluding steroid dienone is 1. The van der Waals surface area contributed by atoms with Gasteiger partial charge in [0.15, 0.2) is 5.96 Å². The highest BCUT2D eigenvalue weighted by molar-refractivity contribution is 8.26. The van der Waals surface area contributed by atoms with Crippen LogP contribution in [0.25, 0.3) is 0 Å². The number of likely N-dealkylation sites (N-methyl/N-ethyl adjacent to an activating group) is 1. The van der Waals surface area contributed by atoms with Gasteiger partial charge in [-0.3, -0.25) is 24.2 Å². The highest BCUT2D eigenvalue weighted by Gasteiger charge is 2.20. The van der Waals surface area contributed by atoms with Gasteiger partial charge in [-0.2, -0.15) is 0 Å². The fraction of sp³-hybridized carbons (Fsp3) is 0.552. The third kappa shape index (κ3) is 27.7. The maximum absolute atomic E-state index is 12.0. The van der Waals surface area contributed by atoms with Crippen molar-refractivity contribution in [2.45, 2.75) is 59.4 Å². The SMILES string of the molecule is CC1=CN(C)S(=S)N1.CCCN=C(N)N.CCNCC(=O)NCC(=O)NC(CCCCN)C(=O)NCC(N)=O.Cc1ccccc1. The van der Waals surface area contributed by atoms with Crippen LogP contribution in [0.2, 0.25) is 0 Å². The zero-order valence-corrected chi connectivity index (χ0v) is 29.4. The summed E-state index contributed by atoms with van der Waals surface area (Å²) in [6, 6.07) is 9.45. The first-order valence-corrected chi connectivity index (χ1v) is 17.1. The standard InChI is InChI=1S/C14H28N6O4.C7H8.C4H11N3.C4H8N2S2/c1-2-17-8-12(22)18-9-13(23)20-10(5-3-4-6-15)14(24)19-7-11(16)21;1-7-5-3-2-4-6-7;1-2-3-7-4(5)6;1-4-3-6(2)8(7)5-4/h10,17H,2-9,15H2,1H3,(H2,16,21)(H,18,22)(H,19,24)(H,20,23);2-6H,1H3;2-3H2,1H3,(H4,5,6,7);3,5H,1-2H3. The summed E-state index contributed by atoms with van der Waals surface area (Å²) in [4.78, 5) is 49.7. The number of aryl methyl sites for hydroxylation is 1. The second-order valence-corrected chi connectivity index (χ2v) is 12.0.